The van der Waals surface area contributed by atoms with Crippen molar-refractivity contribution in [3.05, 3.63) is 42.9 Å². The molecule has 0 radical (unpaired) electrons. The fourth-order valence-corrected chi connectivity index (χ4v) is 2.58. The summed E-state index contributed by atoms with van der Waals surface area (Å²) >= 11 is 0. The zero-order valence-corrected chi connectivity index (χ0v) is 10.3. The number of nitrogens with one attached hydrogen (secondary N) is 1. The van der Waals surface area contributed by atoms with Gasteiger partial charge in [0, 0.05) is 0 Å². The Kier molecular flexibility index (Phi) is 2.60. The van der Waals surface area contributed by atoms with Crippen LogP contribution in [0.2, 0.25) is 0 Å². The first kappa shape index (κ1) is 11.5. The highest BCUT2D eigenvalue weighted by Crippen LogP contribution is 2.12. The lowest BCUT2D eigenvalue weighted by molar-refractivity contribution is 0.585. The lowest BCUT2D eigenvalue weighted by atomic mass is 10.3. The molecular weight excluding hydrogens is 268 g/mol. The van der Waals surface area contributed by atoms with Gasteiger partial charge >= 0.3 is 10.2 Å². The Morgan fingerprint density at radius 1 is 1.16 bits per heavy atom. The van der Waals surface area contributed by atoms with E-state index in [-0.39, 0.29) is 11.2 Å². The largest absolute Gasteiger partial charge is 0.344 e. The number of anilines is 1. The third-order valence-electron chi connectivity index (χ3n) is 2.35. The molecule has 2 aromatic heterocycles. The van der Waals surface area contributed by atoms with Crippen LogP contribution < -0.4 is 4.72 Å². The molecule has 3 rings (SSSR count). The van der Waals surface area contributed by atoms with E-state index in [0.29, 0.717) is 5.69 Å². The molecule has 9 heteroatoms. The summed E-state index contributed by atoms with van der Waals surface area (Å²) in [6, 6.07) is 8.50. The second-order valence-electron chi connectivity index (χ2n) is 3.64. The highest BCUT2D eigenvalue weighted by atomic mass is 32.2. The Bertz CT molecular complexity index is 814. The van der Waals surface area contributed by atoms with E-state index in [1.165, 1.54) is 12.5 Å². The van der Waals surface area contributed by atoms with Crippen molar-refractivity contribution in [2.24, 2.45) is 0 Å². The predicted octanol–water partition coefficient (Wildman–Crippen LogP) is 0.426. The van der Waals surface area contributed by atoms with Crippen molar-refractivity contribution >= 4 is 27.1 Å². The third kappa shape index (κ3) is 2.10. The van der Waals surface area contributed by atoms with E-state index in [1.807, 2.05) is 0 Å². The highest BCUT2D eigenvalue weighted by molar-refractivity contribution is 7.91. The highest BCUT2D eigenvalue weighted by Gasteiger charge is 2.18. The lowest BCUT2D eigenvalue weighted by Crippen LogP contribution is -2.22. The molecule has 19 heavy (non-hydrogen) atoms. The molecule has 0 aliphatic carbocycles. The van der Waals surface area contributed by atoms with Crippen LogP contribution in [0.25, 0.3) is 11.2 Å². The van der Waals surface area contributed by atoms with Crippen LogP contribution in [0.5, 0.6) is 0 Å². The standard InChI is InChI=1S/C10H8N6O2S/c17-19(18,14-8-4-2-1-3-5-8)16-9-6-11-7-12-10(9)13-15-16/h1-7,14H. The van der Waals surface area contributed by atoms with Gasteiger partial charge in [-0.05, 0) is 17.3 Å². The molecule has 0 aliphatic rings. The molecule has 1 N–H and O–H groups in total. The first-order chi connectivity index (χ1) is 9.17. The van der Waals surface area contributed by atoms with Crippen molar-refractivity contribution in [2.75, 3.05) is 4.72 Å². The van der Waals surface area contributed by atoms with Crippen LogP contribution >= 0.6 is 0 Å². The molecule has 8 nitrogen and oxygen atoms in total. The molecule has 1 aromatic carbocycles. The van der Waals surface area contributed by atoms with Gasteiger partial charge in [-0.25, -0.2) is 9.97 Å². The van der Waals surface area contributed by atoms with Crippen LogP contribution in [0.4, 0.5) is 5.69 Å². The van der Waals surface area contributed by atoms with Gasteiger partial charge in [0.25, 0.3) is 0 Å². The maximum absolute atomic E-state index is 12.2. The number of fused-ring (bicyclic) bond motifs is 1. The average molecular weight is 276 g/mol. The van der Waals surface area contributed by atoms with Crippen LogP contribution in [0.15, 0.2) is 42.9 Å². The molecule has 0 saturated carbocycles. The molecule has 2 heterocycles. The van der Waals surface area contributed by atoms with Crippen molar-refractivity contribution in [2.45, 2.75) is 0 Å². The van der Waals surface area contributed by atoms with Crippen molar-refractivity contribution in [1.29, 1.82) is 0 Å². The number of aromatic nitrogens is 5. The minimum absolute atomic E-state index is 0.214. The minimum Gasteiger partial charge on any atom is -0.265 e. The number of rotatable bonds is 3. The Morgan fingerprint density at radius 2 is 1.95 bits per heavy atom. The average Bonchev–Trinajstić information content (AvgIpc) is 2.84. The maximum atomic E-state index is 12.2. The van der Waals surface area contributed by atoms with Crippen LogP contribution in [-0.2, 0) is 10.2 Å². The van der Waals surface area contributed by atoms with Crippen LogP contribution in [0.1, 0.15) is 0 Å². The monoisotopic (exact) mass is 276 g/mol. The summed E-state index contributed by atoms with van der Waals surface area (Å²) in [4.78, 5) is 7.59. The molecule has 0 spiro atoms. The second-order valence-corrected chi connectivity index (χ2v) is 5.14. The first-order valence-electron chi connectivity index (χ1n) is 5.26. The molecule has 0 aliphatic heterocycles. The molecule has 0 bridgehead atoms. The number of nitrogens with zero attached hydrogens (tertiary/aromatic N) is 5. The molecule has 0 amide bonds. The van der Waals surface area contributed by atoms with Gasteiger partial charge in [-0.1, -0.05) is 18.2 Å². The Labute approximate surface area is 108 Å². The molecule has 0 fully saturated rings. The van der Waals surface area contributed by atoms with Gasteiger partial charge in [0.05, 0.1) is 11.9 Å². The van der Waals surface area contributed by atoms with E-state index in [9.17, 15) is 8.42 Å². The first-order valence-corrected chi connectivity index (χ1v) is 6.70. The van der Waals surface area contributed by atoms with Gasteiger partial charge in [-0.2, -0.15) is 8.42 Å². The van der Waals surface area contributed by atoms with Crippen molar-refractivity contribution in [1.82, 2.24) is 24.4 Å². The number of para-hydroxylation sites is 1. The summed E-state index contributed by atoms with van der Waals surface area (Å²) in [5.41, 5.74) is 0.863. The molecular formula is C10H8N6O2S. The summed E-state index contributed by atoms with van der Waals surface area (Å²) < 4.78 is 27.5. The second kappa shape index (κ2) is 4.28. The molecule has 96 valence electrons. The van der Waals surface area contributed by atoms with Crippen molar-refractivity contribution in [3.63, 3.8) is 0 Å². The van der Waals surface area contributed by atoms with Gasteiger partial charge in [0.1, 0.15) is 11.8 Å². The number of benzene rings is 1. The molecule has 0 atom stereocenters. The number of hydrogen-bond donors (Lipinski definition) is 1. The van der Waals surface area contributed by atoms with E-state index in [1.54, 1.807) is 30.3 Å². The topological polar surface area (TPSA) is 103 Å². The van der Waals surface area contributed by atoms with Crippen LogP contribution in [0, 0.1) is 0 Å². The van der Waals surface area contributed by atoms with Gasteiger partial charge in [0.2, 0.25) is 5.65 Å². The summed E-state index contributed by atoms with van der Waals surface area (Å²) in [7, 11) is -3.88. The molecule has 0 saturated heterocycles. The fraction of sp³-hybridized carbons (Fsp3) is 0. The summed E-state index contributed by atoms with van der Waals surface area (Å²) in [6.07, 6.45) is 2.62. The van der Waals surface area contributed by atoms with E-state index in [4.69, 9.17) is 0 Å². The predicted molar refractivity (Wildman–Crippen MR) is 67.5 cm³/mol. The van der Waals surface area contributed by atoms with Gasteiger partial charge in [-0.15, -0.1) is 9.19 Å². The van der Waals surface area contributed by atoms with E-state index in [2.05, 4.69) is 25.0 Å². The summed E-state index contributed by atoms with van der Waals surface area (Å²) in [5, 5.41) is 7.25. The van der Waals surface area contributed by atoms with Crippen molar-refractivity contribution in [3.8, 4) is 0 Å². The quantitative estimate of drug-likeness (QED) is 0.744. The fourth-order valence-electron chi connectivity index (χ4n) is 1.53. The lowest BCUT2D eigenvalue weighted by Gasteiger charge is -2.07. The Morgan fingerprint density at radius 3 is 2.74 bits per heavy atom. The van der Waals surface area contributed by atoms with Gasteiger partial charge < -0.3 is 0 Å². The molecule has 0 unspecified atom stereocenters. The van der Waals surface area contributed by atoms with Gasteiger partial charge in [0.15, 0.2) is 0 Å². The smallest absolute Gasteiger partial charge is 0.265 e. The zero-order chi connectivity index (χ0) is 13.3. The Hall–Kier alpha value is -2.55. The van der Waals surface area contributed by atoms with Crippen LogP contribution in [0.3, 0.4) is 0 Å². The van der Waals surface area contributed by atoms with Crippen molar-refractivity contribution < 1.29 is 8.42 Å². The summed E-state index contributed by atoms with van der Waals surface area (Å²) in [6.45, 7) is 0. The number of hydrogen-bond acceptors (Lipinski definition) is 6. The maximum Gasteiger partial charge on any atom is 0.344 e. The van der Waals surface area contributed by atoms with E-state index in [0.717, 1.165) is 4.09 Å². The van der Waals surface area contributed by atoms with Gasteiger partial charge in [-0.3, -0.25) is 4.72 Å². The zero-order valence-electron chi connectivity index (χ0n) is 9.50. The molecule has 3 aromatic rings. The summed E-state index contributed by atoms with van der Waals surface area (Å²) in [5.74, 6) is 0. The van der Waals surface area contributed by atoms with Crippen LogP contribution in [-0.4, -0.2) is 32.8 Å². The minimum atomic E-state index is -3.88. The third-order valence-corrected chi connectivity index (χ3v) is 3.57. The normalized spacial score (nSPS) is 11.6. The van der Waals surface area contributed by atoms with E-state index < -0.39 is 10.2 Å². The van der Waals surface area contributed by atoms with E-state index >= 15 is 0 Å². The Balaban J connectivity index is 2.05. The SMILES string of the molecule is O=S(=O)(Nc1ccccc1)n1nnc2ncncc21.